The molecule has 1 amide bonds. The molecule has 0 saturated heterocycles. The van der Waals surface area contributed by atoms with Crippen LogP contribution in [0.5, 0.6) is 0 Å². The van der Waals surface area contributed by atoms with Crippen molar-refractivity contribution < 1.29 is 13.2 Å². The molecule has 0 unspecified atom stereocenters. The number of carbonyl (C=O) groups is 1. The van der Waals surface area contributed by atoms with Crippen molar-refractivity contribution in [2.24, 2.45) is 0 Å². The average Bonchev–Trinajstić information content (AvgIpc) is 3.08. The maximum absolute atomic E-state index is 12.7. The maximum atomic E-state index is 12.7. The third-order valence-corrected chi connectivity index (χ3v) is 8.17. The first-order chi connectivity index (χ1) is 16.1. The highest BCUT2D eigenvalue weighted by atomic mass is 32.2. The van der Waals surface area contributed by atoms with E-state index in [4.69, 9.17) is 0 Å². The molecule has 0 saturated carbocycles. The number of amides is 1. The third-order valence-electron chi connectivity index (χ3n) is 5.90. The number of carbonyl (C=O) groups excluding carboxylic acids is 1. The van der Waals surface area contributed by atoms with Crippen LogP contribution < -0.4 is 5.32 Å². The number of sulfone groups is 1. The van der Waals surface area contributed by atoms with Gasteiger partial charge in [0.15, 0.2) is 9.84 Å². The summed E-state index contributed by atoms with van der Waals surface area (Å²) in [6.07, 6.45) is 2.04. The van der Waals surface area contributed by atoms with Crippen molar-refractivity contribution >= 4 is 32.1 Å². The first kappa shape index (κ1) is 24.1. The normalized spacial score (nSPS) is 13.8. The fraction of sp³-hybridized carbons (Fsp3) is 0.308. The molecule has 0 bridgehead atoms. The average molecular weight is 494 g/mol. The SMILES string of the molecule is Cc1cc(C)cc(CN2CCc3c(sc(NC(=O)Cc4ccc(S(C)(=O)=O)cc4)c3C#N)C2)c1. The van der Waals surface area contributed by atoms with Gasteiger partial charge in [-0.3, -0.25) is 9.69 Å². The minimum absolute atomic E-state index is 0.107. The van der Waals surface area contributed by atoms with E-state index in [9.17, 15) is 18.5 Å². The molecule has 176 valence electrons. The third kappa shape index (κ3) is 5.55. The maximum Gasteiger partial charge on any atom is 0.229 e. The van der Waals surface area contributed by atoms with Crippen molar-refractivity contribution in [2.45, 2.75) is 44.7 Å². The van der Waals surface area contributed by atoms with Crippen LogP contribution in [0.25, 0.3) is 0 Å². The van der Waals surface area contributed by atoms with E-state index >= 15 is 0 Å². The number of anilines is 1. The van der Waals surface area contributed by atoms with Crippen molar-refractivity contribution in [2.75, 3.05) is 18.1 Å². The molecule has 8 heteroatoms. The first-order valence-electron chi connectivity index (χ1n) is 11.1. The molecule has 1 N–H and O–H groups in total. The van der Waals surface area contributed by atoms with Gasteiger partial charge in [-0.05, 0) is 49.1 Å². The molecule has 34 heavy (non-hydrogen) atoms. The summed E-state index contributed by atoms with van der Waals surface area (Å²) in [5.41, 5.74) is 6.11. The molecule has 0 spiro atoms. The summed E-state index contributed by atoms with van der Waals surface area (Å²) in [6, 6.07) is 15.2. The molecular weight excluding hydrogens is 466 g/mol. The van der Waals surface area contributed by atoms with Crippen LogP contribution in [0.2, 0.25) is 0 Å². The van der Waals surface area contributed by atoms with Crippen LogP contribution >= 0.6 is 11.3 Å². The predicted octanol–water partition coefficient (Wildman–Crippen LogP) is 4.38. The lowest BCUT2D eigenvalue weighted by molar-refractivity contribution is -0.115. The molecule has 0 atom stereocenters. The van der Waals surface area contributed by atoms with Gasteiger partial charge in [0.25, 0.3) is 0 Å². The number of rotatable bonds is 6. The fourth-order valence-electron chi connectivity index (χ4n) is 4.43. The predicted molar refractivity (Wildman–Crippen MR) is 135 cm³/mol. The minimum atomic E-state index is -3.28. The molecule has 1 aromatic heterocycles. The highest BCUT2D eigenvalue weighted by Crippen LogP contribution is 2.37. The Hall–Kier alpha value is -2.99. The van der Waals surface area contributed by atoms with Crippen LogP contribution in [0, 0.1) is 25.2 Å². The van der Waals surface area contributed by atoms with Gasteiger partial charge in [0, 0.05) is 30.8 Å². The molecule has 3 aromatic rings. The number of nitrogens with zero attached hydrogens (tertiary/aromatic N) is 2. The molecule has 1 aliphatic rings. The van der Waals surface area contributed by atoms with E-state index in [2.05, 4.69) is 48.3 Å². The Bertz CT molecular complexity index is 1360. The second-order valence-electron chi connectivity index (χ2n) is 8.92. The highest BCUT2D eigenvalue weighted by molar-refractivity contribution is 7.90. The van der Waals surface area contributed by atoms with Gasteiger partial charge in [0.1, 0.15) is 11.1 Å². The molecule has 4 rings (SSSR count). The second-order valence-corrected chi connectivity index (χ2v) is 12.0. The van der Waals surface area contributed by atoms with Gasteiger partial charge < -0.3 is 5.32 Å². The summed E-state index contributed by atoms with van der Waals surface area (Å²) in [4.78, 5) is 16.4. The van der Waals surface area contributed by atoms with Gasteiger partial charge in [0.05, 0.1) is 16.9 Å². The van der Waals surface area contributed by atoms with Crippen LogP contribution in [0.3, 0.4) is 0 Å². The zero-order valence-electron chi connectivity index (χ0n) is 19.5. The van der Waals surface area contributed by atoms with E-state index < -0.39 is 9.84 Å². The van der Waals surface area contributed by atoms with Gasteiger partial charge in [-0.2, -0.15) is 5.26 Å². The molecule has 2 heterocycles. The van der Waals surface area contributed by atoms with Crippen molar-refractivity contribution in [1.29, 1.82) is 5.26 Å². The Labute approximate surface area is 204 Å². The van der Waals surface area contributed by atoms with Gasteiger partial charge in [-0.1, -0.05) is 41.5 Å². The van der Waals surface area contributed by atoms with Crippen molar-refractivity contribution in [3.63, 3.8) is 0 Å². The summed E-state index contributed by atoms with van der Waals surface area (Å²) >= 11 is 1.48. The zero-order valence-corrected chi connectivity index (χ0v) is 21.1. The summed E-state index contributed by atoms with van der Waals surface area (Å²) in [5.74, 6) is -0.228. The lowest BCUT2D eigenvalue weighted by Gasteiger charge is -2.27. The van der Waals surface area contributed by atoms with Crippen molar-refractivity contribution in [3.8, 4) is 6.07 Å². The van der Waals surface area contributed by atoms with Crippen molar-refractivity contribution in [1.82, 2.24) is 4.90 Å². The lowest BCUT2D eigenvalue weighted by Crippen LogP contribution is -2.29. The number of nitrogens with one attached hydrogen (secondary N) is 1. The van der Waals surface area contributed by atoms with Gasteiger partial charge in [0.2, 0.25) is 5.91 Å². The number of fused-ring (bicyclic) bond motifs is 1. The number of benzene rings is 2. The Morgan fingerprint density at radius 2 is 1.79 bits per heavy atom. The van der Waals surface area contributed by atoms with E-state index in [1.807, 2.05) is 0 Å². The Kier molecular flexibility index (Phi) is 6.89. The first-order valence-corrected chi connectivity index (χ1v) is 13.8. The van der Waals surface area contributed by atoms with Crippen LogP contribution in [0.1, 0.15) is 38.3 Å². The topological polar surface area (TPSA) is 90.3 Å². The molecule has 2 aromatic carbocycles. The Morgan fingerprint density at radius 3 is 2.41 bits per heavy atom. The Balaban J connectivity index is 1.45. The quantitative estimate of drug-likeness (QED) is 0.550. The lowest BCUT2D eigenvalue weighted by atomic mass is 10.0. The van der Waals surface area contributed by atoms with Crippen LogP contribution in [0.15, 0.2) is 47.4 Å². The molecule has 0 radical (unpaired) electrons. The number of hydrogen-bond donors (Lipinski definition) is 1. The van der Waals surface area contributed by atoms with E-state index in [1.165, 1.54) is 40.2 Å². The smallest absolute Gasteiger partial charge is 0.229 e. The number of hydrogen-bond acceptors (Lipinski definition) is 6. The molecule has 6 nitrogen and oxygen atoms in total. The fourth-order valence-corrected chi connectivity index (χ4v) is 6.31. The number of aryl methyl sites for hydroxylation is 2. The van der Waals surface area contributed by atoms with E-state index in [0.29, 0.717) is 16.1 Å². The van der Waals surface area contributed by atoms with Crippen molar-refractivity contribution in [3.05, 3.63) is 80.7 Å². The molecule has 1 aliphatic heterocycles. The summed E-state index contributed by atoms with van der Waals surface area (Å²) < 4.78 is 23.2. The summed E-state index contributed by atoms with van der Waals surface area (Å²) in [7, 11) is -3.28. The second kappa shape index (κ2) is 9.71. The van der Waals surface area contributed by atoms with Crippen LogP contribution in [0.4, 0.5) is 5.00 Å². The van der Waals surface area contributed by atoms with Gasteiger partial charge >= 0.3 is 0 Å². The van der Waals surface area contributed by atoms with E-state index in [0.717, 1.165) is 42.8 Å². The van der Waals surface area contributed by atoms with E-state index in [1.54, 1.807) is 12.1 Å². The molecular formula is C26H27N3O3S2. The molecule has 0 fully saturated rings. The number of nitriles is 1. The van der Waals surface area contributed by atoms with Crippen LogP contribution in [-0.2, 0) is 40.6 Å². The standard InChI is InChI=1S/C26H27N3O3S2/c1-17-10-18(2)12-20(11-17)15-29-9-8-22-23(14-27)26(33-24(22)16-29)28-25(30)13-19-4-6-21(7-5-19)34(3,31)32/h4-7,10-12H,8-9,13,15-16H2,1-3H3,(H,28,30). The Morgan fingerprint density at radius 1 is 1.12 bits per heavy atom. The minimum Gasteiger partial charge on any atom is -0.316 e. The summed E-state index contributed by atoms with van der Waals surface area (Å²) in [6.45, 7) is 6.69. The van der Waals surface area contributed by atoms with E-state index in [-0.39, 0.29) is 17.2 Å². The monoisotopic (exact) mass is 493 g/mol. The number of thiophene rings is 1. The van der Waals surface area contributed by atoms with Gasteiger partial charge in [-0.25, -0.2) is 8.42 Å². The summed E-state index contributed by atoms with van der Waals surface area (Å²) in [5, 5.41) is 13.3. The largest absolute Gasteiger partial charge is 0.316 e. The molecule has 0 aliphatic carbocycles. The zero-order chi connectivity index (χ0) is 24.5. The van der Waals surface area contributed by atoms with Crippen LogP contribution in [-0.4, -0.2) is 32.0 Å². The van der Waals surface area contributed by atoms with Gasteiger partial charge in [-0.15, -0.1) is 11.3 Å². The highest BCUT2D eigenvalue weighted by Gasteiger charge is 2.25.